The van der Waals surface area contributed by atoms with Crippen LogP contribution in [0.5, 0.6) is 0 Å². The van der Waals surface area contributed by atoms with Crippen LogP contribution in [-0.4, -0.2) is 61.5 Å². The molecule has 0 aromatic carbocycles. The predicted molar refractivity (Wildman–Crippen MR) is 100 cm³/mol. The maximum atomic E-state index is 11.5. The molecular formula is C13H27IN4OS. The Morgan fingerprint density at radius 1 is 1.40 bits per heavy atom. The molecule has 0 aromatic rings. The summed E-state index contributed by atoms with van der Waals surface area (Å²) in [4.78, 5) is 17.3. The van der Waals surface area contributed by atoms with Crippen molar-refractivity contribution in [2.45, 2.75) is 18.6 Å². The molecule has 7 heteroatoms. The van der Waals surface area contributed by atoms with Crippen LogP contribution in [0.2, 0.25) is 0 Å². The number of nitrogens with one attached hydrogen (secondary N) is 2. The zero-order valence-electron chi connectivity index (χ0n) is 13.0. The fourth-order valence-electron chi connectivity index (χ4n) is 1.00. The van der Waals surface area contributed by atoms with Crippen LogP contribution in [0.1, 0.15) is 13.8 Å². The van der Waals surface area contributed by atoms with Gasteiger partial charge in [-0.25, -0.2) is 4.99 Å². The third-order valence-electron chi connectivity index (χ3n) is 2.52. The molecule has 0 unspecified atom stereocenters. The van der Waals surface area contributed by atoms with E-state index in [1.807, 2.05) is 0 Å². The number of halogens is 1. The Morgan fingerprint density at radius 3 is 2.45 bits per heavy atom. The summed E-state index contributed by atoms with van der Waals surface area (Å²) in [5.41, 5.74) is 0. The van der Waals surface area contributed by atoms with Gasteiger partial charge in [0.1, 0.15) is 6.54 Å². The second-order valence-corrected chi connectivity index (χ2v) is 6.45. The number of carbonyl (C=O) groups is 1. The molecule has 0 fully saturated rings. The van der Waals surface area contributed by atoms with Gasteiger partial charge in [0.2, 0.25) is 5.91 Å². The van der Waals surface area contributed by atoms with Gasteiger partial charge in [-0.15, -0.1) is 30.6 Å². The number of likely N-dealkylation sites (N-methyl/N-ethyl adjacent to an activating group) is 1. The Bertz CT molecular complexity index is 332. The summed E-state index contributed by atoms with van der Waals surface area (Å²) in [6.07, 6.45) is 3.83. The number of amides is 1. The van der Waals surface area contributed by atoms with Gasteiger partial charge in [-0.05, 0) is 20.1 Å². The molecule has 2 N–H and O–H groups in total. The van der Waals surface area contributed by atoms with Gasteiger partial charge in [0.15, 0.2) is 5.96 Å². The molecule has 0 atom stereocenters. The Balaban J connectivity index is 0. The Kier molecular flexibility index (Phi) is 12.3. The standard InChI is InChI=1S/C13H26N4OS.HI/c1-7-8-14-12(15-9-11(18)17(4)5)16-10-13(2,3)19-6;/h7H,1,8-10H2,2-6H3,(H2,14,15,16);1H. The van der Waals surface area contributed by atoms with Gasteiger partial charge < -0.3 is 15.5 Å². The van der Waals surface area contributed by atoms with E-state index in [2.05, 4.69) is 42.3 Å². The fourth-order valence-corrected chi connectivity index (χ4v) is 1.22. The van der Waals surface area contributed by atoms with Crippen molar-refractivity contribution in [2.24, 2.45) is 4.99 Å². The molecule has 0 aromatic heterocycles. The maximum Gasteiger partial charge on any atom is 0.243 e. The van der Waals surface area contributed by atoms with Crippen molar-refractivity contribution in [3.05, 3.63) is 12.7 Å². The average molecular weight is 414 g/mol. The largest absolute Gasteiger partial charge is 0.355 e. The molecule has 0 bridgehead atoms. The molecule has 0 radical (unpaired) electrons. The molecule has 20 heavy (non-hydrogen) atoms. The maximum absolute atomic E-state index is 11.5. The minimum atomic E-state index is -0.0242. The summed E-state index contributed by atoms with van der Waals surface area (Å²) in [5.74, 6) is 0.612. The highest BCUT2D eigenvalue weighted by atomic mass is 127. The van der Waals surface area contributed by atoms with Crippen LogP contribution >= 0.6 is 35.7 Å². The van der Waals surface area contributed by atoms with Gasteiger partial charge >= 0.3 is 0 Å². The number of carbonyl (C=O) groups excluding carboxylic acids is 1. The third-order valence-corrected chi connectivity index (χ3v) is 3.77. The normalized spacial score (nSPS) is 11.3. The van der Waals surface area contributed by atoms with Crippen molar-refractivity contribution in [3.63, 3.8) is 0 Å². The highest BCUT2D eigenvalue weighted by Gasteiger charge is 2.16. The van der Waals surface area contributed by atoms with E-state index in [1.165, 1.54) is 4.90 Å². The third kappa shape index (κ3) is 10.4. The summed E-state index contributed by atoms with van der Waals surface area (Å²) < 4.78 is 0.113. The zero-order chi connectivity index (χ0) is 14.9. The number of aliphatic imine (C=N–C) groups is 1. The van der Waals surface area contributed by atoms with E-state index in [-0.39, 0.29) is 41.2 Å². The molecule has 0 saturated carbocycles. The summed E-state index contributed by atoms with van der Waals surface area (Å²) in [6.45, 7) is 9.49. The molecule has 0 rings (SSSR count). The monoisotopic (exact) mass is 414 g/mol. The van der Waals surface area contributed by atoms with Gasteiger partial charge in [0, 0.05) is 31.9 Å². The molecule has 0 saturated heterocycles. The number of nitrogens with zero attached hydrogens (tertiary/aromatic N) is 2. The van der Waals surface area contributed by atoms with Crippen molar-refractivity contribution >= 4 is 47.6 Å². The Labute approximate surface area is 144 Å². The minimum Gasteiger partial charge on any atom is -0.355 e. The van der Waals surface area contributed by atoms with Crippen molar-refractivity contribution in [1.82, 2.24) is 15.5 Å². The van der Waals surface area contributed by atoms with E-state index in [0.29, 0.717) is 12.5 Å². The van der Waals surface area contributed by atoms with Gasteiger partial charge in [-0.1, -0.05) is 6.08 Å². The van der Waals surface area contributed by atoms with E-state index in [4.69, 9.17) is 0 Å². The first-order valence-electron chi connectivity index (χ1n) is 6.21. The van der Waals surface area contributed by atoms with Crippen molar-refractivity contribution in [3.8, 4) is 0 Å². The number of guanidine groups is 1. The summed E-state index contributed by atoms with van der Waals surface area (Å²) in [7, 11) is 3.44. The van der Waals surface area contributed by atoms with Crippen molar-refractivity contribution in [2.75, 3.05) is 40.0 Å². The summed E-state index contributed by atoms with van der Waals surface area (Å²) >= 11 is 1.78. The molecular weight excluding hydrogens is 387 g/mol. The zero-order valence-corrected chi connectivity index (χ0v) is 16.2. The lowest BCUT2D eigenvalue weighted by Gasteiger charge is -2.23. The van der Waals surface area contributed by atoms with E-state index in [0.717, 1.165) is 6.54 Å². The van der Waals surface area contributed by atoms with Crippen LogP contribution < -0.4 is 10.6 Å². The van der Waals surface area contributed by atoms with Crippen LogP contribution in [0.3, 0.4) is 0 Å². The SMILES string of the molecule is C=CCNC(=NCC(=O)N(C)C)NCC(C)(C)SC.I. The molecule has 0 aliphatic carbocycles. The van der Waals surface area contributed by atoms with Crippen molar-refractivity contribution < 1.29 is 4.79 Å². The minimum absolute atomic E-state index is 0. The number of hydrogen-bond acceptors (Lipinski definition) is 3. The molecule has 0 aliphatic heterocycles. The predicted octanol–water partition coefficient (Wildman–Crippen LogP) is 1.56. The van der Waals surface area contributed by atoms with Crippen molar-refractivity contribution in [1.29, 1.82) is 0 Å². The highest BCUT2D eigenvalue weighted by molar-refractivity contribution is 14.0. The van der Waals surface area contributed by atoms with E-state index in [9.17, 15) is 4.79 Å². The number of thioether (sulfide) groups is 1. The van der Waals surface area contributed by atoms with E-state index in [1.54, 1.807) is 31.9 Å². The first-order valence-corrected chi connectivity index (χ1v) is 7.43. The quantitative estimate of drug-likeness (QED) is 0.287. The average Bonchev–Trinajstić information content (AvgIpc) is 2.37. The first-order chi connectivity index (χ1) is 8.82. The molecule has 0 spiro atoms. The van der Waals surface area contributed by atoms with E-state index < -0.39 is 0 Å². The summed E-state index contributed by atoms with van der Waals surface area (Å²) in [6, 6.07) is 0. The molecule has 5 nitrogen and oxygen atoms in total. The molecule has 0 heterocycles. The molecule has 118 valence electrons. The Morgan fingerprint density at radius 2 is 2.00 bits per heavy atom. The summed E-state index contributed by atoms with van der Waals surface area (Å²) in [5, 5.41) is 6.34. The second kappa shape index (κ2) is 11.2. The van der Waals surface area contributed by atoms with Crippen LogP contribution in [0, 0.1) is 0 Å². The number of rotatable bonds is 7. The lowest BCUT2D eigenvalue weighted by molar-refractivity contribution is -0.127. The van der Waals surface area contributed by atoms with Crippen LogP contribution in [-0.2, 0) is 4.79 Å². The van der Waals surface area contributed by atoms with Crippen LogP contribution in [0.4, 0.5) is 0 Å². The topological polar surface area (TPSA) is 56.7 Å². The van der Waals surface area contributed by atoms with Crippen LogP contribution in [0.25, 0.3) is 0 Å². The smallest absolute Gasteiger partial charge is 0.243 e. The van der Waals surface area contributed by atoms with Gasteiger partial charge in [0.25, 0.3) is 0 Å². The fraction of sp³-hybridized carbons (Fsp3) is 0.692. The van der Waals surface area contributed by atoms with Gasteiger partial charge in [-0.3, -0.25) is 4.79 Å². The van der Waals surface area contributed by atoms with E-state index >= 15 is 0 Å². The first kappa shape index (κ1) is 21.9. The highest BCUT2D eigenvalue weighted by Crippen LogP contribution is 2.19. The second-order valence-electron chi connectivity index (χ2n) is 4.94. The lowest BCUT2D eigenvalue weighted by Crippen LogP contribution is -2.44. The van der Waals surface area contributed by atoms with Crippen LogP contribution in [0.15, 0.2) is 17.6 Å². The Hall–Kier alpha value is -0.440. The molecule has 1 amide bonds. The lowest BCUT2D eigenvalue weighted by atomic mass is 10.2. The molecule has 0 aliphatic rings. The van der Waals surface area contributed by atoms with Gasteiger partial charge in [-0.2, -0.15) is 11.8 Å². The number of hydrogen-bond donors (Lipinski definition) is 2. The van der Waals surface area contributed by atoms with Gasteiger partial charge in [0.05, 0.1) is 0 Å².